The van der Waals surface area contributed by atoms with Crippen LogP contribution in [0.4, 0.5) is 13.3 Å². The molecule has 80 valence electrons. The lowest BCUT2D eigenvalue weighted by atomic mass is 10.8. The van der Waals surface area contributed by atoms with E-state index in [1.165, 1.54) is 6.92 Å². The molecule has 0 aliphatic heterocycles. The summed E-state index contributed by atoms with van der Waals surface area (Å²) in [6.07, 6.45) is 1.75. The average molecular weight is 189 g/mol. The van der Waals surface area contributed by atoms with Crippen molar-refractivity contribution >= 4 is 0 Å². The Morgan fingerprint density at radius 1 is 1.25 bits per heavy atom. The van der Waals surface area contributed by atoms with Crippen LogP contribution in [0, 0.1) is 0 Å². The summed E-state index contributed by atoms with van der Waals surface area (Å²) in [5, 5.41) is 0. The number of hydrogen-bond donors (Lipinski definition) is 1. The van der Waals surface area contributed by atoms with Crippen LogP contribution in [-0.2, 0) is 0 Å². The third kappa shape index (κ3) is 2630. The first-order valence-corrected chi connectivity index (χ1v) is 3.56. The summed E-state index contributed by atoms with van der Waals surface area (Å²) < 4.78 is 28.8. The molecule has 0 aliphatic rings. The van der Waals surface area contributed by atoms with Gasteiger partial charge in [-0.05, 0) is 13.8 Å². The minimum Gasteiger partial charge on any atom is -0.255 e. The fourth-order valence-corrected chi connectivity index (χ4v) is 0. The smallest absolute Gasteiger partial charge is 0.0866 e. The molecule has 0 saturated heterocycles. The van der Waals surface area contributed by atoms with E-state index in [0.29, 0.717) is 7.18 Å². The van der Waals surface area contributed by atoms with Crippen molar-refractivity contribution < 1.29 is 13.3 Å². The molecule has 0 aromatic carbocycles. The maximum absolute atomic E-state index is 10.3. The van der Waals surface area contributed by atoms with E-state index in [4.69, 9.17) is 4.48 Å². The van der Waals surface area contributed by atoms with E-state index in [-0.39, 0.29) is 6.67 Å². The van der Waals surface area contributed by atoms with Crippen molar-refractivity contribution in [3.05, 3.63) is 12.7 Å². The summed E-state index contributed by atoms with van der Waals surface area (Å²) in [4.78, 5) is 0. The maximum Gasteiger partial charge on any atom is 0.0866 e. The summed E-state index contributed by atoms with van der Waals surface area (Å²) >= 11 is 0. The van der Waals surface area contributed by atoms with Crippen molar-refractivity contribution in [3.63, 3.8) is 0 Å². The summed E-state index contributed by atoms with van der Waals surface area (Å²) in [6.45, 7) is 10.5. The van der Waals surface area contributed by atoms with Gasteiger partial charge in [0.2, 0.25) is 0 Å². The zero-order valence-corrected chi connectivity index (χ0v) is 8.70. The SMILES string of the molecule is C=CC.CC.CCF.CF.NF. The predicted molar refractivity (Wildman–Crippen MR) is 51.2 cm³/mol. The van der Waals surface area contributed by atoms with Gasteiger partial charge in [-0.15, -0.1) is 11.1 Å². The molecule has 0 heterocycles. The first-order valence-electron chi connectivity index (χ1n) is 3.56. The van der Waals surface area contributed by atoms with E-state index >= 15 is 0 Å². The van der Waals surface area contributed by atoms with Crippen LogP contribution >= 0.6 is 0 Å². The Hall–Kier alpha value is -0.510. The van der Waals surface area contributed by atoms with Crippen LogP contribution in [0.3, 0.4) is 0 Å². The summed E-state index contributed by atoms with van der Waals surface area (Å²) in [7, 11) is 0.500. The molecule has 4 heteroatoms. The van der Waals surface area contributed by atoms with Crippen LogP contribution < -0.4 is 5.96 Å². The molecule has 0 unspecified atom stereocenters. The van der Waals surface area contributed by atoms with Gasteiger partial charge in [-0.25, -0.2) is 0 Å². The quantitative estimate of drug-likeness (QED) is 0.457. The molecule has 0 aliphatic carbocycles. The number of nitrogens with two attached hydrogens (primary N) is 1. The zero-order valence-electron chi connectivity index (χ0n) is 8.70. The fraction of sp³-hybridized carbons (Fsp3) is 0.750. The zero-order chi connectivity index (χ0) is 11.4. The highest BCUT2D eigenvalue weighted by Crippen LogP contribution is 1.48. The fourth-order valence-electron chi connectivity index (χ4n) is 0. The van der Waals surface area contributed by atoms with Crippen molar-refractivity contribution in [2.45, 2.75) is 27.7 Å². The Labute approximate surface area is 74.4 Å². The summed E-state index contributed by atoms with van der Waals surface area (Å²) in [5.74, 6) is 3.00. The van der Waals surface area contributed by atoms with E-state index in [0.717, 1.165) is 0 Å². The van der Waals surface area contributed by atoms with Gasteiger partial charge in [-0.2, -0.15) is 5.96 Å². The molecular weight excluding hydrogens is 167 g/mol. The van der Waals surface area contributed by atoms with Gasteiger partial charge in [0, 0.05) is 0 Å². The summed E-state index contributed by atoms with van der Waals surface area (Å²) in [6, 6.07) is 0. The molecule has 0 amide bonds. The molecule has 0 spiro atoms. The molecule has 0 saturated carbocycles. The Balaban J connectivity index is -0.0000000174. The molecule has 0 atom stereocenters. The average Bonchev–Trinajstić information content (AvgIpc) is 2.16. The Morgan fingerprint density at radius 2 is 1.25 bits per heavy atom. The highest BCUT2D eigenvalue weighted by Gasteiger charge is 1.39. The van der Waals surface area contributed by atoms with Crippen LogP contribution in [0.2, 0.25) is 0 Å². The Bertz CT molecular complexity index is 28.3. The molecule has 0 aromatic heterocycles. The monoisotopic (exact) mass is 189 g/mol. The number of allylic oxidation sites excluding steroid dienone is 1. The van der Waals surface area contributed by atoms with Crippen molar-refractivity contribution in [2.24, 2.45) is 5.96 Å². The maximum atomic E-state index is 10.3. The molecule has 2 N–H and O–H groups in total. The van der Waals surface area contributed by atoms with E-state index in [1.54, 1.807) is 6.08 Å². The molecule has 12 heavy (non-hydrogen) atoms. The number of halogens is 3. The van der Waals surface area contributed by atoms with Gasteiger partial charge >= 0.3 is 0 Å². The molecule has 0 radical (unpaired) electrons. The Kier molecular flexibility index (Phi) is 1060. The lowest BCUT2D eigenvalue weighted by Crippen LogP contribution is -1.53. The standard InChI is InChI=1S/C3H6.C2H5F.C2H6.CH3F.FH2N/c1-3-2;1-2-3;3*1-2/h3H,1H2,2H3;2H2,1H3;1-2H3;1H3;2H2. The minimum absolute atomic E-state index is 0.250. The van der Waals surface area contributed by atoms with Crippen molar-refractivity contribution in [3.8, 4) is 0 Å². The molecule has 0 fully saturated rings. The van der Waals surface area contributed by atoms with Gasteiger partial charge < -0.3 is 0 Å². The molecule has 0 rings (SSSR count). The highest BCUT2D eigenvalue weighted by molar-refractivity contribution is 4.51. The van der Waals surface area contributed by atoms with Crippen molar-refractivity contribution in [1.82, 2.24) is 0 Å². The van der Waals surface area contributed by atoms with Crippen LogP contribution in [0.1, 0.15) is 27.7 Å². The number of alkyl halides is 2. The van der Waals surface area contributed by atoms with Crippen molar-refractivity contribution in [1.29, 1.82) is 0 Å². The Morgan fingerprint density at radius 3 is 1.25 bits per heavy atom. The van der Waals surface area contributed by atoms with E-state index in [2.05, 4.69) is 12.5 Å². The molecule has 0 bridgehead atoms. The van der Waals surface area contributed by atoms with Gasteiger partial charge in [0.25, 0.3) is 0 Å². The topological polar surface area (TPSA) is 26.0 Å². The third-order valence-electron chi connectivity index (χ3n) is 0. The lowest BCUT2D eigenvalue weighted by molar-refractivity contribution is 0.527. The number of rotatable bonds is 0. The van der Waals surface area contributed by atoms with Crippen LogP contribution in [0.15, 0.2) is 12.7 Å². The summed E-state index contributed by atoms with van der Waals surface area (Å²) in [5.41, 5.74) is 0. The highest BCUT2D eigenvalue weighted by atomic mass is 19.2. The second-order valence-corrected chi connectivity index (χ2v) is 0.676. The molecular formula is C8H22F3N. The van der Waals surface area contributed by atoms with E-state index in [1.807, 2.05) is 20.8 Å². The second kappa shape index (κ2) is 426. The van der Waals surface area contributed by atoms with Gasteiger partial charge in [-0.1, -0.05) is 19.9 Å². The largest absolute Gasteiger partial charge is 0.255 e. The van der Waals surface area contributed by atoms with E-state index < -0.39 is 0 Å². The predicted octanol–water partition coefficient (Wildman–Crippen LogP) is 3.61. The van der Waals surface area contributed by atoms with Crippen molar-refractivity contribution in [2.75, 3.05) is 13.9 Å². The lowest BCUT2D eigenvalue weighted by Gasteiger charge is -1.45. The normalized spacial score (nSPS) is 4.08. The van der Waals surface area contributed by atoms with Gasteiger partial charge in [0.1, 0.15) is 0 Å². The van der Waals surface area contributed by atoms with Gasteiger partial charge in [-0.3, -0.25) is 8.78 Å². The second-order valence-electron chi connectivity index (χ2n) is 0.676. The van der Waals surface area contributed by atoms with Crippen LogP contribution in [0.25, 0.3) is 0 Å². The first-order chi connectivity index (χ1) is 5.83. The van der Waals surface area contributed by atoms with Gasteiger partial charge in [0.15, 0.2) is 0 Å². The third-order valence-corrected chi connectivity index (χ3v) is 0. The minimum atomic E-state index is -0.250. The molecule has 0 aromatic rings. The first kappa shape index (κ1) is 30.0. The van der Waals surface area contributed by atoms with Crippen LogP contribution in [0.5, 0.6) is 0 Å². The number of hydrogen-bond acceptors (Lipinski definition) is 1. The van der Waals surface area contributed by atoms with E-state index in [9.17, 15) is 8.78 Å². The van der Waals surface area contributed by atoms with Gasteiger partial charge in [0.05, 0.1) is 13.9 Å². The molecule has 1 nitrogen and oxygen atoms in total. The van der Waals surface area contributed by atoms with Crippen LogP contribution in [-0.4, -0.2) is 13.9 Å².